The number of nitrogens with one attached hydrogen (secondary N) is 1. The zero-order chi connectivity index (χ0) is 9.54. The lowest BCUT2D eigenvalue weighted by molar-refractivity contribution is 0.245. The molecule has 3 rings (SSSR count). The highest BCUT2D eigenvalue weighted by atomic mass is 15.2. The molecule has 0 unspecified atom stereocenters. The van der Waals surface area contributed by atoms with Crippen molar-refractivity contribution in [1.82, 2.24) is 4.90 Å². The molecule has 1 aromatic rings. The van der Waals surface area contributed by atoms with Gasteiger partial charge in [0.2, 0.25) is 0 Å². The van der Waals surface area contributed by atoms with Crippen molar-refractivity contribution in [3.63, 3.8) is 0 Å². The molecule has 2 aliphatic heterocycles. The van der Waals surface area contributed by atoms with Gasteiger partial charge in [0, 0.05) is 24.2 Å². The van der Waals surface area contributed by atoms with Gasteiger partial charge in [-0.2, -0.15) is 0 Å². The summed E-state index contributed by atoms with van der Waals surface area (Å²) in [5, 5.41) is 3.63. The summed E-state index contributed by atoms with van der Waals surface area (Å²) in [5.74, 6) is 0.752. The minimum Gasteiger partial charge on any atom is -0.380 e. The Morgan fingerprint density at radius 2 is 2.21 bits per heavy atom. The predicted molar refractivity (Wildman–Crippen MR) is 58.7 cm³/mol. The van der Waals surface area contributed by atoms with Crippen molar-refractivity contribution >= 4 is 5.69 Å². The molecule has 2 aliphatic rings. The molecule has 0 spiro atoms. The van der Waals surface area contributed by atoms with Gasteiger partial charge in [-0.05, 0) is 31.6 Å². The van der Waals surface area contributed by atoms with E-state index in [1.165, 1.54) is 30.8 Å². The number of likely N-dealkylation sites (tertiary alicyclic amines) is 1. The molecule has 0 aliphatic carbocycles. The van der Waals surface area contributed by atoms with Crippen LogP contribution in [0.3, 0.4) is 0 Å². The van der Waals surface area contributed by atoms with Crippen LogP contribution in [-0.2, 0) is 0 Å². The van der Waals surface area contributed by atoms with Crippen LogP contribution in [0.1, 0.15) is 17.9 Å². The fourth-order valence-corrected chi connectivity index (χ4v) is 2.78. The molecule has 14 heavy (non-hydrogen) atoms. The number of piperidine rings is 1. The molecule has 1 aromatic carbocycles. The number of fused-ring (bicyclic) bond motifs is 3. The first kappa shape index (κ1) is 8.30. The Labute approximate surface area is 84.9 Å². The molecule has 2 nitrogen and oxygen atoms in total. The van der Waals surface area contributed by atoms with Gasteiger partial charge >= 0.3 is 0 Å². The Morgan fingerprint density at radius 3 is 3.14 bits per heavy atom. The maximum atomic E-state index is 3.63. The molecule has 1 fully saturated rings. The maximum Gasteiger partial charge on any atom is 0.0458 e. The lowest BCUT2D eigenvalue weighted by Gasteiger charge is -2.32. The molecule has 2 heteroatoms. The van der Waals surface area contributed by atoms with E-state index in [4.69, 9.17) is 0 Å². The molecule has 1 saturated heterocycles. The number of rotatable bonds is 0. The first-order valence-corrected chi connectivity index (χ1v) is 5.38. The lowest BCUT2D eigenvalue weighted by atomic mass is 9.89. The molecular weight excluding hydrogens is 172 g/mol. The van der Waals surface area contributed by atoms with Crippen molar-refractivity contribution in [3.8, 4) is 0 Å². The quantitative estimate of drug-likeness (QED) is 0.669. The molecule has 0 bridgehead atoms. The fourth-order valence-electron chi connectivity index (χ4n) is 2.78. The van der Waals surface area contributed by atoms with E-state index in [2.05, 4.69) is 41.5 Å². The van der Waals surface area contributed by atoms with Crippen LogP contribution in [0.15, 0.2) is 24.3 Å². The van der Waals surface area contributed by atoms with Gasteiger partial charge in [-0.1, -0.05) is 18.2 Å². The first-order valence-electron chi connectivity index (χ1n) is 5.38. The van der Waals surface area contributed by atoms with Gasteiger partial charge in [0.25, 0.3) is 0 Å². The van der Waals surface area contributed by atoms with Crippen LogP contribution in [-0.4, -0.2) is 31.1 Å². The Kier molecular flexibility index (Phi) is 1.77. The van der Waals surface area contributed by atoms with Gasteiger partial charge in [0.15, 0.2) is 0 Å². The summed E-state index contributed by atoms with van der Waals surface area (Å²) in [6, 6.07) is 9.39. The monoisotopic (exact) mass is 188 g/mol. The van der Waals surface area contributed by atoms with Crippen molar-refractivity contribution in [2.45, 2.75) is 18.4 Å². The van der Waals surface area contributed by atoms with Crippen LogP contribution >= 0.6 is 0 Å². The van der Waals surface area contributed by atoms with E-state index in [0.29, 0.717) is 6.04 Å². The van der Waals surface area contributed by atoms with Crippen LogP contribution in [0.5, 0.6) is 0 Å². The predicted octanol–water partition coefficient (Wildman–Crippen LogP) is 1.90. The third-order valence-corrected chi connectivity index (χ3v) is 3.52. The highest BCUT2D eigenvalue weighted by molar-refractivity contribution is 5.59. The number of anilines is 1. The van der Waals surface area contributed by atoms with Crippen molar-refractivity contribution < 1.29 is 0 Å². The molecule has 74 valence electrons. The Balaban J connectivity index is 1.94. The summed E-state index contributed by atoms with van der Waals surface area (Å²) < 4.78 is 0. The molecule has 0 aromatic heterocycles. The second-order valence-electron chi connectivity index (χ2n) is 4.50. The smallest absolute Gasteiger partial charge is 0.0458 e. The Bertz CT molecular complexity index is 348. The van der Waals surface area contributed by atoms with Crippen LogP contribution in [0.25, 0.3) is 0 Å². The fraction of sp³-hybridized carbons (Fsp3) is 0.500. The zero-order valence-corrected chi connectivity index (χ0v) is 8.53. The molecule has 0 amide bonds. The summed E-state index contributed by atoms with van der Waals surface area (Å²) in [7, 11) is 2.21. The van der Waals surface area contributed by atoms with E-state index in [-0.39, 0.29) is 0 Å². The zero-order valence-electron chi connectivity index (χ0n) is 8.53. The lowest BCUT2D eigenvalue weighted by Crippen LogP contribution is -2.41. The largest absolute Gasteiger partial charge is 0.380 e. The molecular formula is C12H16N2. The van der Waals surface area contributed by atoms with Gasteiger partial charge < -0.3 is 10.2 Å². The van der Waals surface area contributed by atoms with Gasteiger partial charge in [-0.3, -0.25) is 0 Å². The standard InChI is InChI=1S/C12H16N2/c1-14-7-6-10-9-4-2-3-5-11(9)13-12(10)8-14/h2-5,10,12-13H,6-8H2,1H3/t10-,12-/m0/s1. The van der Waals surface area contributed by atoms with E-state index < -0.39 is 0 Å². The molecule has 0 radical (unpaired) electrons. The van der Waals surface area contributed by atoms with E-state index in [0.717, 1.165) is 5.92 Å². The average Bonchev–Trinajstić information content (AvgIpc) is 2.54. The second-order valence-corrected chi connectivity index (χ2v) is 4.50. The van der Waals surface area contributed by atoms with Gasteiger partial charge in [0.1, 0.15) is 0 Å². The minimum absolute atomic E-state index is 0.645. The third kappa shape index (κ3) is 1.14. The maximum absolute atomic E-state index is 3.63. The number of benzene rings is 1. The number of para-hydroxylation sites is 1. The highest BCUT2D eigenvalue weighted by Gasteiger charge is 2.34. The third-order valence-electron chi connectivity index (χ3n) is 3.52. The number of nitrogens with zero attached hydrogens (tertiary/aromatic N) is 1. The van der Waals surface area contributed by atoms with E-state index in [1.807, 2.05) is 0 Å². The highest BCUT2D eigenvalue weighted by Crippen LogP contribution is 2.39. The Morgan fingerprint density at radius 1 is 1.36 bits per heavy atom. The van der Waals surface area contributed by atoms with Crippen LogP contribution in [0.2, 0.25) is 0 Å². The second kappa shape index (κ2) is 2.99. The van der Waals surface area contributed by atoms with Crippen molar-refractivity contribution in [1.29, 1.82) is 0 Å². The van der Waals surface area contributed by atoms with E-state index >= 15 is 0 Å². The van der Waals surface area contributed by atoms with E-state index in [9.17, 15) is 0 Å². The van der Waals surface area contributed by atoms with Crippen LogP contribution in [0.4, 0.5) is 5.69 Å². The van der Waals surface area contributed by atoms with Gasteiger partial charge in [0.05, 0.1) is 0 Å². The minimum atomic E-state index is 0.645. The topological polar surface area (TPSA) is 15.3 Å². The first-order chi connectivity index (χ1) is 6.84. The normalized spacial score (nSPS) is 30.6. The summed E-state index contributed by atoms with van der Waals surface area (Å²) in [6.45, 7) is 2.41. The van der Waals surface area contributed by atoms with Crippen molar-refractivity contribution in [2.24, 2.45) is 0 Å². The molecule has 1 N–H and O–H groups in total. The molecule has 2 heterocycles. The summed E-state index contributed by atoms with van der Waals surface area (Å²) in [5.41, 5.74) is 2.89. The summed E-state index contributed by atoms with van der Waals surface area (Å²) >= 11 is 0. The molecule has 0 saturated carbocycles. The Hall–Kier alpha value is -1.02. The average molecular weight is 188 g/mol. The number of likely N-dealkylation sites (N-methyl/N-ethyl adjacent to an activating group) is 1. The molecule has 2 atom stereocenters. The number of hydrogen-bond donors (Lipinski definition) is 1. The van der Waals surface area contributed by atoms with E-state index in [1.54, 1.807) is 0 Å². The van der Waals surface area contributed by atoms with Crippen LogP contribution < -0.4 is 5.32 Å². The van der Waals surface area contributed by atoms with Gasteiger partial charge in [-0.15, -0.1) is 0 Å². The van der Waals surface area contributed by atoms with Crippen molar-refractivity contribution in [2.75, 3.05) is 25.5 Å². The van der Waals surface area contributed by atoms with Crippen molar-refractivity contribution in [3.05, 3.63) is 29.8 Å². The number of hydrogen-bond acceptors (Lipinski definition) is 2. The van der Waals surface area contributed by atoms with Crippen LogP contribution in [0, 0.1) is 0 Å². The summed E-state index contributed by atoms with van der Waals surface area (Å²) in [6.07, 6.45) is 1.30. The summed E-state index contributed by atoms with van der Waals surface area (Å²) in [4.78, 5) is 2.42. The SMILES string of the molecule is CN1CC[C@H]2c3ccccc3N[C@H]2C1. The van der Waals surface area contributed by atoms with Gasteiger partial charge in [-0.25, -0.2) is 0 Å².